The predicted octanol–water partition coefficient (Wildman–Crippen LogP) is 5.35. The van der Waals surface area contributed by atoms with E-state index in [1.54, 1.807) is 55.6 Å². The van der Waals surface area contributed by atoms with E-state index in [0.29, 0.717) is 46.4 Å². The Morgan fingerprint density at radius 2 is 1.61 bits per heavy atom. The fourth-order valence-corrected chi connectivity index (χ4v) is 4.84. The third-order valence-corrected chi connectivity index (χ3v) is 6.48. The van der Waals surface area contributed by atoms with Crippen molar-refractivity contribution in [3.63, 3.8) is 0 Å². The third kappa shape index (κ3) is 4.65. The first kappa shape index (κ1) is 26.6. The van der Waals surface area contributed by atoms with Gasteiger partial charge in [-0.1, -0.05) is 12.1 Å². The lowest BCUT2D eigenvalue weighted by Gasteiger charge is -2.26. The molecule has 1 amide bonds. The number of amides is 1. The van der Waals surface area contributed by atoms with Crippen LogP contribution in [-0.4, -0.2) is 44.7 Å². The van der Waals surface area contributed by atoms with Gasteiger partial charge in [0, 0.05) is 5.69 Å². The molecule has 0 bridgehead atoms. The molecule has 0 aromatic heterocycles. The highest BCUT2D eigenvalue weighted by atomic mass is 16.5. The van der Waals surface area contributed by atoms with Gasteiger partial charge in [-0.25, -0.2) is 0 Å². The molecule has 8 heteroatoms. The minimum Gasteiger partial charge on any atom is -0.507 e. The van der Waals surface area contributed by atoms with Gasteiger partial charge in [-0.2, -0.15) is 0 Å². The van der Waals surface area contributed by atoms with Gasteiger partial charge < -0.3 is 24.1 Å². The van der Waals surface area contributed by atoms with Gasteiger partial charge in [-0.15, -0.1) is 0 Å². The van der Waals surface area contributed by atoms with Crippen molar-refractivity contribution in [1.82, 2.24) is 0 Å². The van der Waals surface area contributed by atoms with Crippen molar-refractivity contribution in [2.24, 2.45) is 0 Å². The molecule has 1 unspecified atom stereocenters. The van der Waals surface area contributed by atoms with Crippen LogP contribution in [-0.2, 0) is 9.59 Å². The van der Waals surface area contributed by atoms with Crippen LogP contribution in [0.25, 0.3) is 5.76 Å². The maximum Gasteiger partial charge on any atom is 0.300 e. The number of anilines is 1. The first-order valence-corrected chi connectivity index (χ1v) is 12.2. The topological polar surface area (TPSA) is 94.5 Å². The van der Waals surface area contributed by atoms with Gasteiger partial charge in [-0.3, -0.25) is 14.5 Å². The normalized spacial score (nSPS) is 16.5. The molecule has 8 nitrogen and oxygen atoms in total. The van der Waals surface area contributed by atoms with Crippen LogP contribution >= 0.6 is 0 Å². The van der Waals surface area contributed by atoms with Gasteiger partial charge >= 0.3 is 0 Å². The summed E-state index contributed by atoms with van der Waals surface area (Å²) in [4.78, 5) is 28.5. The molecular weight excluding hydrogens is 486 g/mol. The van der Waals surface area contributed by atoms with E-state index >= 15 is 0 Å². The van der Waals surface area contributed by atoms with Crippen LogP contribution in [0.4, 0.5) is 5.69 Å². The van der Waals surface area contributed by atoms with Crippen LogP contribution < -0.4 is 23.8 Å². The number of benzene rings is 3. The van der Waals surface area contributed by atoms with Crippen LogP contribution in [0.2, 0.25) is 0 Å². The number of nitrogens with zero attached hydrogens (tertiary/aromatic N) is 1. The molecule has 0 radical (unpaired) electrons. The van der Waals surface area contributed by atoms with E-state index in [2.05, 4.69) is 0 Å². The number of hydrogen-bond donors (Lipinski definition) is 1. The molecule has 4 rings (SSSR count). The summed E-state index contributed by atoms with van der Waals surface area (Å²) in [6.07, 6.45) is 0. The molecule has 1 aliphatic rings. The molecule has 1 N–H and O–H groups in total. The van der Waals surface area contributed by atoms with Gasteiger partial charge in [0.05, 0.1) is 45.1 Å². The van der Waals surface area contributed by atoms with Gasteiger partial charge in [0.1, 0.15) is 17.3 Å². The third-order valence-electron chi connectivity index (χ3n) is 6.48. The molecule has 3 aromatic carbocycles. The zero-order valence-corrected chi connectivity index (χ0v) is 22.3. The lowest BCUT2D eigenvalue weighted by Crippen LogP contribution is -2.29. The maximum atomic E-state index is 13.6. The highest BCUT2D eigenvalue weighted by molar-refractivity contribution is 6.51. The van der Waals surface area contributed by atoms with E-state index < -0.39 is 17.7 Å². The molecule has 1 atom stereocenters. The Morgan fingerprint density at radius 1 is 0.895 bits per heavy atom. The van der Waals surface area contributed by atoms with Crippen LogP contribution in [0, 0.1) is 13.8 Å². The molecule has 1 aliphatic heterocycles. The summed E-state index contributed by atoms with van der Waals surface area (Å²) in [5.41, 5.74) is 2.97. The number of methoxy groups -OCH3 is 3. The van der Waals surface area contributed by atoms with E-state index in [4.69, 9.17) is 18.9 Å². The van der Waals surface area contributed by atoms with Crippen molar-refractivity contribution < 1.29 is 33.6 Å². The molecule has 1 fully saturated rings. The molecule has 0 saturated carbocycles. The Labute approximate surface area is 222 Å². The first-order valence-electron chi connectivity index (χ1n) is 12.2. The highest BCUT2D eigenvalue weighted by Gasteiger charge is 2.47. The van der Waals surface area contributed by atoms with Crippen LogP contribution in [0.15, 0.2) is 60.2 Å². The van der Waals surface area contributed by atoms with E-state index in [1.165, 1.54) is 19.1 Å². The van der Waals surface area contributed by atoms with Crippen molar-refractivity contribution >= 4 is 23.1 Å². The number of aliphatic hydroxyl groups is 1. The van der Waals surface area contributed by atoms with Gasteiger partial charge in [0.15, 0.2) is 11.5 Å². The molecule has 0 aliphatic carbocycles. The molecule has 38 heavy (non-hydrogen) atoms. The molecule has 1 saturated heterocycles. The molecular formula is C30H31NO7. The summed E-state index contributed by atoms with van der Waals surface area (Å²) in [5, 5.41) is 11.6. The summed E-state index contributed by atoms with van der Waals surface area (Å²) in [6, 6.07) is 14.7. The second-order valence-electron chi connectivity index (χ2n) is 8.87. The lowest BCUT2D eigenvalue weighted by molar-refractivity contribution is -0.132. The van der Waals surface area contributed by atoms with E-state index in [-0.39, 0.29) is 11.3 Å². The molecule has 0 spiro atoms. The summed E-state index contributed by atoms with van der Waals surface area (Å²) in [7, 11) is 4.58. The van der Waals surface area contributed by atoms with E-state index in [1.807, 2.05) is 26.8 Å². The standard InChI is InChI=1S/C30H31NO7/c1-7-38-24-16-19(8-13-23(24)36-5)26-25(27(32)22-15-17(2)14-18(3)29(22)37-6)28(33)30(34)31(26)20-9-11-21(35-4)12-10-20/h8-16,26,32H,7H2,1-6H3/b27-25+. The fraction of sp³-hybridized carbons (Fsp3) is 0.267. The quantitative estimate of drug-likeness (QED) is 0.244. The fourth-order valence-electron chi connectivity index (χ4n) is 4.84. The molecule has 198 valence electrons. The summed E-state index contributed by atoms with van der Waals surface area (Å²) in [6.45, 7) is 5.97. The van der Waals surface area contributed by atoms with Crippen LogP contribution in [0.1, 0.15) is 35.2 Å². The second-order valence-corrected chi connectivity index (χ2v) is 8.87. The monoisotopic (exact) mass is 517 g/mol. The van der Waals surface area contributed by atoms with Crippen molar-refractivity contribution in [1.29, 1.82) is 0 Å². The van der Waals surface area contributed by atoms with Crippen molar-refractivity contribution in [2.45, 2.75) is 26.8 Å². The largest absolute Gasteiger partial charge is 0.507 e. The smallest absolute Gasteiger partial charge is 0.300 e. The minimum absolute atomic E-state index is 0.0540. The molecule has 3 aromatic rings. The van der Waals surface area contributed by atoms with Gasteiger partial charge in [0.2, 0.25) is 0 Å². The van der Waals surface area contributed by atoms with Gasteiger partial charge in [-0.05, 0) is 79.9 Å². The number of carbonyl (C=O) groups excluding carboxylic acids is 2. The Hall–Kier alpha value is -4.46. The Balaban J connectivity index is 2.01. The lowest BCUT2D eigenvalue weighted by atomic mass is 9.93. The van der Waals surface area contributed by atoms with E-state index in [0.717, 1.165) is 11.1 Å². The Kier molecular flexibility index (Phi) is 7.62. The summed E-state index contributed by atoms with van der Waals surface area (Å²) in [5.74, 6) is 0.0980. The number of ether oxygens (including phenoxy) is 4. The number of Topliss-reactive ketones (excluding diaryl/α,β-unsaturated/α-hetero) is 1. The van der Waals surface area contributed by atoms with Crippen molar-refractivity contribution in [3.8, 4) is 23.0 Å². The first-order chi connectivity index (χ1) is 18.2. The summed E-state index contributed by atoms with van der Waals surface area (Å²) < 4.78 is 22.0. The summed E-state index contributed by atoms with van der Waals surface area (Å²) >= 11 is 0. The highest BCUT2D eigenvalue weighted by Crippen LogP contribution is 2.45. The zero-order chi connectivity index (χ0) is 27.6. The number of aliphatic hydroxyl groups excluding tert-OH is 1. The number of hydrogen-bond acceptors (Lipinski definition) is 7. The van der Waals surface area contributed by atoms with E-state index in [9.17, 15) is 14.7 Å². The number of aryl methyl sites for hydroxylation is 2. The maximum absolute atomic E-state index is 13.6. The molecule has 1 heterocycles. The SMILES string of the molecule is CCOc1cc(C2/C(=C(\O)c3cc(C)cc(C)c3OC)C(=O)C(=O)N2c2ccc(OC)cc2)ccc1OC. The second kappa shape index (κ2) is 10.9. The van der Waals surface area contributed by atoms with Crippen LogP contribution in [0.3, 0.4) is 0 Å². The number of carbonyl (C=O) groups is 2. The zero-order valence-electron chi connectivity index (χ0n) is 22.3. The average molecular weight is 518 g/mol. The van der Waals surface area contributed by atoms with Gasteiger partial charge in [0.25, 0.3) is 11.7 Å². The minimum atomic E-state index is -0.945. The van der Waals surface area contributed by atoms with Crippen molar-refractivity contribution in [3.05, 3.63) is 82.4 Å². The van der Waals surface area contributed by atoms with Crippen LogP contribution in [0.5, 0.6) is 23.0 Å². The average Bonchev–Trinajstić information content (AvgIpc) is 3.18. The Morgan fingerprint density at radius 3 is 2.21 bits per heavy atom. The van der Waals surface area contributed by atoms with Crippen molar-refractivity contribution in [2.75, 3.05) is 32.8 Å². The number of ketones is 1. The Bertz CT molecular complexity index is 1410. The predicted molar refractivity (Wildman–Crippen MR) is 144 cm³/mol. The number of rotatable bonds is 8.